The minimum atomic E-state index is -0.205. The maximum absolute atomic E-state index is 9.23. The normalized spacial score (nSPS) is 30.5. The van der Waals surface area contributed by atoms with Gasteiger partial charge in [0.15, 0.2) is 0 Å². The highest BCUT2D eigenvalue weighted by atomic mass is 79.9. The van der Waals surface area contributed by atoms with E-state index in [1.165, 1.54) is 0 Å². The minimum Gasteiger partial charge on any atom is -0.197 e. The van der Waals surface area contributed by atoms with E-state index in [9.17, 15) is 5.26 Å². The van der Waals surface area contributed by atoms with E-state index in [4.69, 9.17) is 0 Å². The van der Waals surface area contributed by atoms with Crippen LogP contribution in [0.25, 0.3) is 0 Å². The zero-order valence-electron chi connectivity index (χ0n) is 8.13. The Balaban J connectivity index is 2.35. The highest BCUT2D eigenvalue weighted by Gasteiger charge is 2.43. The number of hydrogen-bond donors (Lipinski definition) is 0. The second kappa shape index (κ2) is 3.40. The summed E-state index contributed by atoms with van der Waals surface area (Å²) in [4.78, 5) is 0. The molecule has 2 rings (SSSR count). The van der Waals surface area contributed by atoms with Gasteiger partial charge >= 0.3 is 0 Å². The molecule has 0 N–H and O–H groups in total. The lowest BCUT2D eigenvalue weighted by molar-refractivity contribution is 0.217. The molecule has 0 saturated heterocycles. The van der Waals surface area contributed by atoms with Crippen molar-refractivity contribution in [1.82, 2.24) is 0 Å². The molecular weight excluding hydrogens is 238 g/mol. The third kappa shape index (κ3) is 1.46. The highest BCUT2D eigenvalue weighted by molar-refractivity contribution is 9.10. The van der Waals surface area contributed by atoms with Gasteiger partial charge < -0.3 is 0 Å². The van der Waals surface area contributed by atoms with Crippen LogP contribution in [0.3, 0.4) is 0 Å². The number of nitriles is 1. The zero-order valence-corrected chi connectivity index (χ0v) is 9.71. The Labute approximate surface area is 92.9 Å². The Bertz CT molecular complexity index is 386. The van der Waals surface area contributed by atoms with Gasteiger partial charge in [0.1, 0.15) is 0 Å². The van der Waals surface area contributed by atoms with Gasteiger partial charge in [-0.3, -0.25) is 0 Å². The van der Waals surface area contributed by atoms with Gasteiger partial charge in [0.05, 0.1) is 11.5 Å². The van der Waals surface area contributed by atoms with Crippen LogP contribution in [0.15, 0.2) is 28.7 Å². The Morgan fingerprint density at radius 1 is 1.50 bits per heavy atom. The third-order valence-electron chi connectivity index (χ3n) is 2.99. The van der Waals surface area contributed by atoms with Crippen LogP contribution in [0, 0.1) is 17.2 Å². The molecule has 72 valence electrons. The van der Waals surface area contributed by atoms with Gasteiger partial charge in [-0.2, -0.15) is 5.26 Å². The molecule has 0 atom stereocenters. The monoisotopic (exact) mass is 249 g/mol. The summed E-state index contributed by atoms with van der Waals surface area (Å²) in [5.41, 5.74) is 0.955. The van der Waals surface area contributed by atoms with Gasteiger partial charge in [-0.15, -0.1) is 0 Å². The van der Waals surface area contributed by atoms with Gasteiger partial charge in [-0.1, -0.05) is 35.0 Å². The number of hydrogen-bond acceptors (Lipinski definition) is 1. The first-order chi connectivity index (χ1) is 6.66. The summed E-state index contributed by atoms with van der Waals surface area (Å²) in [5, 5.41) is 9.23. The van der Waals surface area contributed by atoms with Crippen molar-refractivity contribution in [2.24, 2.45) is 5.92 Å². The molecule has 0 spiro atoms. The van der Waals surface area contributed by atoms with E-state index >= 15 is 0 Å². The first-order valence-electron chi connectivity index (χ1n) is 4.83. The number of benzene rings is 1. The quantitative estimate of drug-likeness (QED) is 0.746. The molecule has 1 fully saturated rings. The molecule has 1 aliphatic rings. The summed E-state index contributed by atoms with van der Waals surface area (Å²) in [5.74, 6) is 0.689. The lowest BCUT2D eigenvalue weighted by Crippen LogP contribution is -2.38. The standard InChI is InChI=1S/C12H12BrN/c1-9-6-12(7-9,8-14)10-3-2-4-11(13)5-10/h2-5,9H,6-7H2,1H3. The predicted octanol–water partition coefficient (Wildman–Crippen LogP) is 3.64. The maximum atomic E-state index is 9.23. The van der Waals surface area contributed by atoms with Crippen LogP contribution >= 0.6 is 15.9 Å². The molecule has 1 nitrogen and oxygen atoms in total. The molecule has 0 bridgehead atoms. The van der Waals surface area contributed by atoms with Crippen molar-refractivity contribution >= 4 is 15.9 Å². The van der Waals surface area contributed by atoms with E-state index in [1.54, 1.807) is 0 Å². The molecule has 0 heterocycles. The Morgan fingerprint density at radius 3 is 2.71 bits per heavy atom. The Hall–Kier alpha value is -0.810. The number of halogens is 1. The van der Waals surface area contributed by atoms with Crippen molar-refractivity contribution in [3.63, 3.8) is 0 Å². The predicted molar refractivity (Wildman–Crippen MR) is 59.8 cm³/mol. The molecule has 2 heteroatoms. The molecule has 1 saturated carbocycles. The summed E-state index contributed by atoms with van der Waals surface area (Å²) in [6.07, 6.45) is 2.00. The highest BCUT2D eigenvalue weighted by Crippen LogP contribution is 2.47. The van der Waals surface area contributed by atoms with Gasteiger partial charge in [-0.25, -0.2) is 0 Å². The molecule has 0 aliphatic heterocycles. The topological polar surface area (TPSA) is 23.8 Å². The smallest absolute Gasteiger partial charge is 0.0827 e. The first kappa shape index (κ1) is 9.73. The van der Waals surface area contributed by atoms with E-state index in [0.717, 1.165) is 22.9 Å². The van der Waals surface area contributed by atoms with Gasteiger partial charge in [0, 0.05) is 4.47 Å². The minimum absolute atomic E-state index is 0.205. The maximum Gasteiger partial charge on any atom is 0.0827 e. The third-order valence-corrected chi connectivity index (χ3v) is 3.48. The molecule has 0 aromatic heterocycles. The Kier molecular flexibility index (Phi) is 2.36. The van der Waals surface area contributed by atoms with Crippen LogP contribution in [-0.2, 0) is 5.41 Å². The lowest BCUT2D eigenvalue weighted by Gasteiger charge is -2.41. The zero-order chi connectivity index (χ0) is 10.2. The van der Waals surface area contributed by atoms with Crippen molar-refractivity contribution in [3.05, 3.63) is 34.3 Å². The molecule has 0 unspecified atom stereocenters. The van der Waals surface area contributed by atoms with Crippen molar-refractivity contribution in [2.45, 2.75) is 25.2 Å². The largest absolute Gasteiger partial charge is 0.197 e. The fourth-order valence-electron chi connectivity index (χ4n) is 2.31. The van der Waals surface area contributed by atoms with Crippen LogP contribution in [0.2, 0.25) is 0 Å². The van der Waals surface area contributed by atoms with Crippen molar-refractivity contribution < 1.29 is 0 Å². The molecule has 1 aromatic carbocycles. The summed E-state index contributed by atoms with van der Waals surface area (Å²) in [6, 6.07) is 10.6. The van der Waals surface area contributed by atoms with Crippen LogP contribution in [0.5, 0.6) is 0 Å². The second-order valence-corrected chi connectivity index (χ2v) is 5.13. The van der Waals surface area contributed by atoms with Crippen LogP contribution < -0.4 is 0 Å². The fourth-order valence-corrected chi connectivity index (χ4v) is 2.71. The summed E-state index contributed by atoms with van der Waals surface area (Å²) in [7, 11) is 0. The van der Waals surface area contributed by atoms with Crippen molar-refractivity contribution in [2.75, 3.05) is 0 Å². The van der Waals surface area contributed by atoms with E-state index in [2.05, 4.69) is 41.1 Å². The SMILES string of the molecule is CC1CC(C#N)(c2cccc(Br)c2)C1. The average Bonchev–Trinajstić information content (AvgIpc) is 2.12. The summed E-state index contributed by atoms with van der Waals surface area (Å²) < 4.78 is 1.06. The van der Waals surface area contributed by atoms with Crippen LogP contribution in [0.4, 0.5) is 0 Å². The van der Waals surface area contributed by atoms with Crippen molar-refractivity contribution in [1.29, 1.82) is 5.26 Å². The second-order valence-electron chi connectivity index (χ2n) is 4.22. The fraction of sp³-hybridized carbons (Fsp3) is 0.417. The molecule has 1 aromatic rings. The van der Waals surface area contributed by atoms with Crippen molar-refractivity contribution in [3.8, 4) is 6.07 Å². The molecular formula is C12H12BrN. The molecule has 1 aliphatic carbocycles. The molecule has 14 heavy (non-hydrogen) atoms. The number of nitrogens with zero attached hydrogens (tertiary/aromatic N) is 1. The van der Waals surface area contributed by atoms with E-state index in [1.807, 2.05) is 12.1 Å². The lowest BCUT2D eigenvalue weighted by atomic mass is 9.60. The summed E-state index contributed by atoms with van der Waals surface area (Å²) in [6.45, 7) is 2.20. The Morgan fingerprint density at radius 2 is 2.21 bits per heavy atom. The summed E-state index contributed by atoms with van der Waals surface area (Å²) >= 11 is 3.44. The average molecular weight is 250 g/mol. The van der Waals surface area contributed by atoms with E-state index < -0.39 is 0 Å². The number of rotatable bonds is 1. The van der Waals surface area contributed by atoms with E-state index in [-0.39, 0.29) is 5.41 Å². The van der Waals surface area contributed by atoms with Crippen LogP contribution in [0.1, 0.15) is 25.3 Å². The van der Waals surface area contributed by atoms with Gasteiger partial charge in [-0.05, 0) is 36.5 Å². The molecule has 0 radical (unpaired) electrons. The first-order valence-corrected chi connectivity index (χ1v) is 5.63. The van der Waals surface area contributed by atoms with Gasteiger partial charge in [0.2, 0.25) is 0 Å². The van der Waals surface area contributed by atoms with Gasteiger partial charge in [0.25, 0.3) is 0 Å². The van der Waals surface area contributed by atoms with Crippen LogP contribution in [-0.4, -0.2) is 0 Å². The molecule has 0 amide bonds. The van der Waals surface area contributed by atoms with E-state index in [0.29, 0.717) is 5.92 Å².